The standard InChI is InChI=1S/C26H28ClN7O2S2/c1-25(2,36)12-34-13-31-15-3-4-16(21(27)20(15)24(34)35)38-19-11-29-18(10-30-19)33-7-5-26(6-8-33)9-17-22(23(26)28)32-14-37-17/h3-4,10-11,13-14,23,36H,5-9,12,28H2,1-2H3/t23-/m1/s1. The first-order valence-electron chi connectivity index (χ1n) is 12.5. The monoisotopic (exact) mass is 569 g/mol. The Morgan fingerprint density at radius 3 is 2.68 bits per heavy atom. The second-order valence-electron chi connectivity index (χ2n) is 10.7. The van der Waals surface area contributed by atoms with Gasteiger partial charge in [0, 0.05) is 22.9 Å². The van der Waals surface area contributed by atoms with E-state index in [1.807, 2.05) is 11.6 Å². The first-order chi connectivity index (χ1) is 18.1. The van der Waals surface area contributed by atoms with Crippen LogP contribution in [0.2, 0.25) is 5.02 Å². The fourth-order valence-electron chi connectivity index (χ4n) is 5.49. The molecule has 0 radical (unpaired) electrons. The normalized spacial score (nSPS) is 18.9. The lowest BCUT2D eigenvalue weighted by atomic mass is 9.73. The van der Waals surface area contributed by atoms with Crippen LogP contribution in [0.5, 0.6) is 0 Å². The molecule has 0 saturated carbocycles. The highest BCUT2D eigenvalue weighted by Crippen LogP contribution is 2.51. The van der Waals surface area contributed by atoms with Crippen molar-refractivity contribution in [2.24, 2.45) is 11.1 Å². The molecule has 9 nitrogen and oxygen atoms in total. The van der Waals surface area contributed by atoms with E-state index in [9.17, 15) is 9.90 Å². The van der Waals surface area contributed by atoms with E-state index in [0.29, 0.717) is 25.8 Å². The number of fused-ring (bicyclic) bond motifs is 2. The smallest absolute Gasteiger partial charge is 0.262 e. The minimum atomic E-state index is -1.06. The molecule has 198 valence electrons. The molecule has 0 amide bonds. The van der Waals surface area contributed by atoms with E-state index in [0.717, 1.165) is 43.9 Å². The first kappa shape index (κ1) is 25.7. The van der Waals surface area contributed by atoms with Gasteiger partial charge < -0.3 is 15.7 Å². The van der Waals surface area contributed by atoms with Gasteiger partial charge in [-0.2, -0.15) is 0 Å². The van der Waals surface area contributed by atoms with Crippen LogP contribution in [-0.4, -0.2) is 48.3 Å². The van der Waals surface area contributed by atoms with Crippen molar-refractivity contribution in [2.45, 2.75) is 61.2 Å². The lowest BCUT2D eigenvalue weighted by Gasteiger charge is -2.42. The Hall–Kier alpha value is -2.57. The number of benzene rings is 1. The number of piperidine rings is 1. The van der Waals surface area contributed by atoms with Crippen LogP contribution in [0.1, 0.15) is 43.3 Å². The van der Waals surface area contributed by atoms with Crippen LogP contribution in [-0.2, 0) is 13.0 Å². The number of rotatable bonds is 5. The number of hydrogen-bond acceptors (Lipinski definition) is 10. The fourth-order valence-corrected chi connectivity index (χ4v) is 7.57. The van der Waals surface area contributed by atoms with Crippen molar-refractivity contribution in [1.29, 1.82) is 0 Å². The quantitative estimate of drug-likeness (QED) is 0.366. The molecule has 1 saturated heterocycles. The van der Waals surface area contributed by atoms with Crippen molar-refractivity contribution < 1.29 is 5.11 Å². The van der Waals surface area contributed by atoms with E-state index in [1.54, 1.807) is 43.6 Å². The van der Waals surface area contributed by atoms with Gasteiger partial charge in [-0.25, -0.2) is 19.9 Å². The van der Waals surface area contributed by atoms with Crippen LogP contribution in [0, 0.1) is 5.41 Å². The molecule has 3 aromatic heterocycles. The maximum atomic E-state index is 13.1. The number of nitrogens with zero attached hydrogens (tertiary/aromatic N) is 6. The highest BCUT2D eigenvalue weighted by atomic mass is 35.5. The maximum absolute atomic E-state index is 13.1. The number of hydrogen-bond donors (Lipinski definition) is 2. The van der Waals surface area contributed by atoms with E-state index in [2.05, 4.69) is 24.8 Å². The number of nitrogens with two attached hydrogens (primary N) is 1. The van der Waals surface area contributed by atoms with Crippen LogP contribution in [0.25, 0.3) is 10.9 Å². The highest BCUT2D eigenvalue weighted by molar-refractivity contribution is 7.99. The summed E-state index contributed by atoms with van der Waals surface area (Å²) in [7, 11) is 0. The van der Waals surface area contributed by atoms with Crippen LogP contribution >= 0.6 is 34.7 Å². The number of aromatic nitrogens is 5. The lowest BCUT2D eigenvalue weighted by Crippen LogP contribution is -2.44. The first-order valence-corrected chi connectivity index (χ1v) is 14.5. The van der Waals surface area contributed by atoms with Crippen LogP contribution in [0.3, 0.4) is 0 Å². The molecule has 1 aliphatic heterocycles. The molecule has 2 aliphatic rings. The van der Waals surface area contributed by atoms with Gasteiger partial charge in [0.05, 0.1) is 64.0 Å². The van der Waals surface area contributed by atoms with Crippen molar-refractivity contribution in [3.8, 4) is 0 Å². The molecule has 12 heteroatoms. The molecule has 0 unspecified atom stereocenters. The highest BCUT2D eigenvalue weighted by Gasteiger charge is 2.47. The molecular formula is C26H28ClN7O2S2. The number of anilines is 1. The van der Waals surface area contributed by atoms with E-state index in [1.165, 1.54) is 27.5 Å². The van der Waals surface area contributed by atoms with Crippen molar-refractivity contribution in [3.63, 3.8) is 0 Å². The van der Waals surface area contributed by atoms with Gasteiger partial charge in [0.25, 0.3) is 5.56 Å². The fraction of sp³-hybridized carbons (Fsp3) is 0.423. The number of thiazole rings is 1. The molecular weight excluding hydrogens is 542 g/mol. The second-order valence-corrected chi connectivity index (χ2v) is 13.1. The Balaban J connectivity index is 1.17. The molecule has 1 fully saturated rings. The molecule has 1 atom stereocenters. The Labute approximate surface area is 233 Å². The summed E-state index contributed by atoms with van der Waals surface area (Å²) in [5.41, 5.74) is 8.86. The lowest BCUT2D eigenvalue weighted by molar-refractivity contribution is 0.0603. The summed E-state index contributed by atoms with van der Waals surface area (Å²) in [4.78, 5) is 35.5. The molecule has 3 N–H and O–H groups in total. The van der Waals surface area contributed by atoms with Gasteiger partial charge in [-0.3, -0.25) is 9.36 Å². The molecule has 6 rings (SSSR count). The van der Waals surface area contributed by atoms with Gasteiger partial charge in [0.2, 0.25) is 0 Å². The average molecular weight is 570 g/mol. The molecule has 1 aromatic carbocycles. The summed E-state index contributed by atoms with van der Waals surface area (Å²) in [6.45, 7) is 5.16. The van der Waals surface area contributed by atoms with Gasteiger partial charge in [-0.1, -0.05) is 23.4 Å². The zero-order chi connectivity index (χ0) is 26.7. The summed E-state index contributed by atoms with van der Waals surface area (Å²) in [5.74, 6) is 0.840. The molecule has 4 aromatic rings. The second kappa shape index (κ2) is 9.56. The van der Waals surface area contributed by atoms with Crippen molar-refractivity contribution in [3.05, 3.63) is 62.3 Å². The average Bonchev–Trinajstić information content (AvgIpc) is 3.43. The molecule has 1 aliphatic carbocycles. The minimum absolute atomic E-state index is 0.0110. The molecule has 1 spiro atoms. The molecule has 0 bridgehead atoms. The van der Waals surface area contributed by atoms with E-state index in [4.69, 9.17) is 17.3 Å². The number of aliphatic hydroxyl groups is 1. The third-order valence-electron chi connectivity index (χ3n) is 7.50. The van der Waals surface area contributed by atoms with Gasteiger partial charge in [0.1, 0.15) is 10.8 Å². The Morgan fingerprint density at radius 1 is 1.21 bits per heavy atom. The molecule has 38 heavy (non-hydrogen) atoms. The topological polar surface area (TPSA) is 123 Å². The maximum Gasteiger partial charge on any atom is 0.262 e. The van der Waals surface area contributed by atoms with E-state index < -0.39 is 5.60 Å². The van der Waals surface area contributed by atoms with Crippen LogP contribution in [0.15, 0.2) is 51.1 Å². The zero-order valence-corrected chi connectivity index (χ0v) is 23.5. The van der Waals surface area contributed by atoms with Crippen molar-refractivity contribution in [2.75, 3.05) is 18.0 Å². The van der Waals surface area contributed by atoms with Crippen LogP contribution < -0.4 is 16.2 Å². The largest absolute Gasteiger partial charge is 0.389 e. The summed E-state index contributed by atoms with van der Waals surface area (Å²) in [5, 5.41) is 11.5. The summed E-state index contributed by atoms with van der Waals surface area (Å²) in [6.07, 6.45) is 8.00. The summed E-state index contributed by atoms with van der Waals surface area (Å²) >= 11 is 9.75. The van der Waals surface area contributed by atoms with Gasteiger partial charge in [0.15, 0.2) is 0 Å². The van der Waals surface area contributed by atoms with Gasteiger partial charge in [-0.15, -0.1) is 11.3 Å². The number of halogens is 1. The predicted molar refractivity (Wildman–Crippen MR) is 150 cm³/mol. The van der Waals surface area contributed by atoms with E-state index >= 15 is 0 Å². The van der Waals surface area contributed by atoms with Crippen molar-refractivity contribution in [1.82, 2.24) is 24.5 Å². The SMILES string of the molecule is CC(C)(O)Cn1cnc2ccc(Sc3cnc(N4CCC5(CC4)Cc4scnc4[C@H]5N)cn3)c(Cl)c2c1=O. The summed E-state index contributed by atoms with van der Waals surface area (Å²) in [6, 6.07) is 3.62. The van der Waals surface area contributed by atoms with Crippen molar-refractivity contribution >= 4 is 51.4 Å². The predicted octanol–water partition coefficient (Wildman–Crippen LogP) is 4.06. The van der Waals surface area contributed by atoms with Gasteiger partial charge in [-0.05, 0) is 50.7 Å². The summed E-state index contributed by atoms with van der Waals surface area (Å²) < 4.78 is 1.38. The Kier molecular flexibility index (Phi) is 6.47. The zero-order valence-electron chi connectivity index (χ0n) is 21.1. The van der Waals surface area contributed by atoms with E-state index in [-0.39, 0.29) is 23.6 Å². The Morgan fingerprint density at radius 2 is 2.00 bits per heavy atom. The van der Waals surface area contributed by atoms with Gasteiger partial charge >= 0.3 is 0 Å². The van der Waals surface area contributed by atoms with Crippen LogP contribution in [0.4, 0.5) is 5.82 Å². The third kappa shape index (κ3) is 4.60. The minimum Gasteiger partial charge on any atom is -0.389 e. The third-order valence-corrected chi connectivity index (χ3v) is 9.84. The molecule has 4 heterocycles. The Bertz CT molecular complexity index is 1560.